The maximum Gasteiger partial charge on any atom is 0.224 e. The van der Waals surface area contributed by atoms with Gasteiger partial charge in [0.15, 0.2) is 0 Å². The maximum atomic E-state index is 6.03. The first-order valence-electron chi connectivity index (χ1n) is 8.88. The third-order valence-electron chi connectivity index (χ3n) is 4.10. The largest absolute Gasteiger partial charge is 0.378 e. The zero-order chi connectivity index (χ0) is 19.2. The Morgan fingerprint density at radius 3 is 2.48 bits per heavy atom. The Morgan fingerprint density at radius 1 is 1.00 bits per heavy atom. The first-order valence-corrected chi connectivity index (χ1v) is 9.26. The SMILES string of the molecule is Cc1cc(Nc2ccc(N(C)C)cc2)nc(NCCc2cccc(Cl)c2)n1. The molecule has 0 saturated carbocycles. The zero-order valence-electron chi connectivity index (χ0n) is 15.8. The van der Waals surface area contributed by atoms with Gasteiger partial charge in [-0.25, -0.2) is 4.98 Å². The third-order valence-corrected chi connectivity index (χ3v) is 4.33. The van der Waals surface area contributed by atoms with Crippen LogP contribution in [0.5, 0.6) is 0 Å². The van der Waals surface area contributed by atoms with E-state index in [1.54, 1.807) is 0 Å². The number of anilines is 4. The summed E-state index contributed by atoms with van der Waals surface area (Å²) in [5, 5.41) is 7.39. The Morgan fingerprint density at radius 2 is 1.78 bits per heavy atom. The fourth-order valence-electron chi connectivity index (χ4n) is 2.71. The third kappa shape index (κ3) is 5.59. The number of aromatic nitrogens is 2. The standard InChI is InChI=1S/C21H24ClN5/c1-15-13-20(25-18-7-9-19(10-8-18)27(2)3)26-21(24-15)23-12-11-16-5-4-6-17(22)14-16/h4-10,13-14H,11-12H2,1-3H3,(H2,23,24,25,26). The normalized spacial score (nSPS) is 10.5. The van der Waals surface area contributed by atoms with Gasteiger partial charge in [-0.3, -0.25) is 0 Å². The van der Waals surface area contributed by atoms with Gasteiger partial charge in [-0.05, 0) is 55.3 Å². The van der Waals surface area contributed by atoms with Gasteiger partial charge in [0.05, 0.1) is 0 Å². The summed E-state index contributed by atoms with van der Waals surface area (Å²) in [6.07, 6.45) is 0.854. The molecule has 2 aromatic carbocycles. The average molecular weight is 382 g/mol. The fourth-order valence-corrected chi connectivity index (χ4v) is 2.93. The highest BCUT2D eigenvalue weighted by Gasteiger charge is 2.04. The predicted octanol–water partition coefficient (Wildman–Crippen LogP) is 4.90. The van der Waals surface area contributed by atoms with Gasteiger partial charge < -0.3 is 15.5 Å². The van der Waals surface area contributed by atoms with Crippen LogP contribution in [-0.2, 0) is 6.42 Å². The van der Waals surface area contributed by atoms with Crippen LogP contribution in [0.25, 0.3) is 0 Å². The van der Waals surface area contributed by atoms with Crippen LogP contribution in [0.4, 0.5) is 23.1 Å². The van der Waals surface area contributed by atoms with E-state index in [0.29, 0.717) is 5.95 Å². The Hall–Kier alpha value is -2.79. The minimum atomic E-state index is 0.615. The first kappa shape index (κ1) is 19.0. The van der Waals surface area contributed by atoms with E-state index in [0.717, 1.165) is 40.9 Å². The van der Waals surface area contributed by atoms with Crippen LogP contribution >= 0.6 is 11.6 Å². The van der Waals surface area contributed by atoms with Gasteiger partial charge >= 0.3 is 0 Å². The highest BCUT2D eigenvalue weighted by Crippen LogP contribution is 2.20. The number of hydrogen-bond donors (Lipinski definition) is 2. The van der Waals surface area contributed by atoms with Gasteiger partial charge in [0.1, 0.15) is 5.82 Å². The van der Waals surface area contributed by atoms with Crippen molar-refractivity contribution in [1.29, 1.82) is 0 Å². The van der Waals surface area contributed by atoms with E-state index in [1.165, 1.54) is 5.56 Å². The minimum absolute atomic E-state index is 0.615. The van der Waals surface area contributed by atoms with Crippen LogP contribution in [0.1, 0.15) is 11.3 Å². The number of halogens is 1. The molecule has 0 aliphatic rings. The Balaban J connectivity index is 1.63. The lowest BCUT2D eigenvalue weighted by molar-refractivity contribution is 0.976. The second kappa shape index (κ2) is 8.73. The second-order valence-electron chi connectivity index (χ2n) is 6.59. The van der Waals surface area contributed by atoms with Crippen molar-refractivity contribution in [2.75, 3.05) is 36.2 Å². The minimum Gasteiger partial charge on any atom is -0.378 e. The molecule has 0 unspecified atom stereocenters. The van der Waals surface area contributed by atoms with Crippen molar-refractivity contribution in [2.24, 2.45) is 0 Å². The molecular formula is C21H24ClN5. The highest BCUT2D eigenvalue weighted by molar-refractivity contribution is 6.30. The molecule has 0 aliphatic carbocycles. The van der Waals surface area contributed by atoms with E-state index in [4.69, 9.17) is 11.6 Å². The van der Waals surface area contributed by atoms with Crippen molar-refractivity contribution < 1.29 is 0 Å². The van der Waals surface area contributed by atoms with E-state index in [-0.39, 0.29) is 0 Å². The van der Waals surface area contributed by atoms with Gasteiger partial charge in [0.25, 0.3) is 0 Å². The molecular weight excluding hydrogens is 358 g/mol. The number of hydrogen-bond acceptors (Lipinski definition) is 5. The van der Waals surface area contributed by atoms with Crippen molar-refractivity contribution in [1.82, 2.24) is 9.97 Å². The molecule has 2 N–H and O–H groups in total. The molecule has 0 saturated heterocycles. The van der Waals surface area contributed by atoms with Crippen LogP contribution in [0.3, 0.4) is 0 Å². The lowest BCUT2D eigenvalue weighted by Gasteiger charge is -2.14. The second-order valence-corrected chi connectivity index (χ2v) is 7.03. The van der Waals surface area contributed by atoms with Crippen LogP contribution in [0.15, 0.2) is 54.6 Å². The molecule has 0 amide bonds. The van der Waals surface area contributed by atoms with Crippen molar-refractivity contribution in [2.45, 2.75) is 13.3 Å². The number of nitrogens with one attached hydrogen (secondary N) is 2. The molecule has 27 heavy (non-hydrogen) atoms. The fraction of sp³-hybridized carbons (Fsp3) is 0.238. The molecule has 5 nitrogen and oxygen atoms in total. The molecule has 1 heterocycles. The molecule has 0 radical (unpaired) electrons. The van der Waals surface area contributed by atoms with Gasteiger partial charge in [-0.2, -0.15) is 4.98 Å². The average Bonchev–Trinajstić information content (AvgIpc) is 2.62. The molecule has 3 rings (SSSR count). The predicted molar refractivity (Wildman–Crippen MR) is 114 cm³/mol. The molecule has 0 fully saturated rings. The Kier molecular flexibility index (Phi) is 6.14. The van der Waals surface area contributed by atoms with Crippen molar-refractivity contribution in [3.63, 3.8) is 0 Å². The highest BCUT2D eigenvalue weighted by atomic mass is 35.5. The van der Waals surface area contributed by atoms with E-state index in [1.807, 2.05) is 57.4 Å². The van der Waals surface area contributed by atoms with Crippen molar-refractivity contribution in [3.05, 3.63) is 70.9 Å². The summed E-state index contributed by atoms with van der Waals surface area (Å²) in [6, 6.07) is 18.0. The van der Waals surface area contributed by atoms with Crippen LogP contribution in [0.2, 0.25) is 5.02 Å². The van der Waals surface area contributed by atoms with Gasteiger partial charge in [0, 0.05) is 48.8 Å². The quantitative estimate of drug-likeness (QED) is 0.609. The molecule has 140 valence electrons. The van der Waals surface area contributed by atoms with Crippen LogP contribution < -0.4 is 15.5 Å². The van der Waals surface area contributed by atoms with Gasteiger partial charge in [-0.1, -0.05) is 23.7 Å². The van der Waals surface area contributed by atoms with Gasteiger partial charge in [0.2, 0.25) is 5.95 Å². The monoisotopic (exact) mass is 381 g/mol. The van der Waals surface area contributed by atoms with E-state index in [9.17, 15) is 0 Å². The number of rotatable bonds is 7. The molecule has 0 aliphatic heterocycles. The zero-order valence-corrected chi connectivity index (χ0v) is 16.6. The van der Waals surface area contributed by atoms with Gasteiger partial charge in [-0.15, -0.1) is 0 Å². The van der Waals surface area contributed by atoms with E-state index in [2.05, 4.69) is 43.7 Å². The summed E-state index contributed by atoms with van der Waals surface area (Å²) in [7, 11) is 4.05. The van der Waals surface area contributed by atoms with Crippen molar-refractivity contribution >= 4 is 34.7 Å². The molecule has 0 bridgehead atoms. The molecule has 0 atom stereocenters. The van der Waals surface area contributed by atoms with Crippen molar-refractivity contribution in [3.8, 4) is 0 Å². The Bertz CT molecular complexity index is 893. The lowest BCUT2D eigenvalue weighted by atomic mass is 10.1. The molecule has 6 heteroatoms. The lowest BCUT2D eigenvalue weighted by Crippen LogP contribution is -2.10. The number of benzene rings is 2. The summed E-state index contributed by atoms with van der Waals surface area (Å²) in [4.78, 5) is 11.1. The molecule has 0 spiro atoms. The van der Waals surface area contributed by atoms with E-state index < -0.39 is 0 Å². The van der Waals surface area contributed by atoms with Crippen LogP contribution in [0, 0.1) is 6.92 Å². The molecule has 3 aromatic rings. The summed E-state index contributed by atoms with van der Waals surface area (Å²) in [6.45, 7) is 2.70. The Labute approximate surface area is 165 Å². The summed E-state index contributed by atoms with van der Waals surface area (Å²) in [5.74, 6) is 1.38. The molecule has 1 aromatic heterocycles. The number of nitrogens with zero attached hydrogens (tertiary/aromatic N) is 3. The topological polar surface area (TPSA) is 53.1 Å². The van der Waals surface area contributed by atoms with E-state index >= 15 is 0 Å². The summed E-state index contributed by atoms with van der Waals surface area (Å²) >= 11 is 6.03. The smallest absolute Gasteiger partial charge is 0.224 e. The summed E-state index contributed by atoms with van der Waals surface area (Å²) in [5.41, 5.74) is 4.23. The van der Waals surface area contributed by atoms with Crippen LogP contribution in [-0.4, -0.2) is 30.6 Å². The maximum absolute atomic E-state index is 6.03. The summed E-state index contributed by atoms with van der Waals surface area (Å²) < 4.78 is 0. The number of aryl methyl sites for hydroxylation is 1. The first-order chi connectivity index (χ1) is 13.0.